The predicted molar refractivity (Wildman–Crippen MR) is 152 cm³/mol. The maximum atomic E-state index is 13.1. The zero-order chi connectivity index (χ0) is 28.2. The number of carbonyl (C=O) groups is 2. The number of benzene rings is 3. The zero-order valence-corrected chi connectivity index (χ0v) is 22.7. The third-order valence-corrected chi connectivity index (χ3v) is 7.80. The molecule has 1 aliphatic heterocycles. The Kier molecular flexibility index (Phi) is 8.00. The molecule has 5 rings (SSSR count). The van der Waals surface area contributed by atoms with Gasteiger partial charge in [-0.1, -0.05) is 24.3 Å². The van der Waals surface area contributed by atoms with E-state index in [1.165, 1.54) is 25.0 Å². The van der Waals surface area contributed by atoms with Gasteiger partial charge in [-0.3, -0.25) is 19.7 Å². The highest BCUT2D eigenvalue weighted by Crippen LogP contribution is 2.38. The third-order valence-electron chi connectivity index (χ3n) is 7.80. The Bertz CT molecular complexity index is 1400. The van der Waals surface area contributed by atoms with Crippen molar-refractivity contribution in [1.82, 2.24) is 0 Å². The van der Waals surface area contributed by atoms with Gasteiger partial charge in [-0.25, -0.2) is 0 Å². The molecule has 1 saturated carbocycles. The zero-order valence-electron chi connectivity index (χ0n) is 22.7. The molecule has 0 spiro atoms. The maximum Gasteiger partial charge on any atom is 0.269 e. The average molecular weight is 544 g/mol. The summed E-state index contributed by atoms with van der Waals surface area (Å²) in [5, 5.41) is 13.8. The Balaban J connectivity index is 1.27. The second kappa shape index (κ2) is 11.8. The minimum absolute atomic E-state index is 0.00439. The predicted octanol–water partition coefficient (Wildman–Crippen LogP) is 6.19. The van der Waals surface area contributed by atoms with Crippen LogP contribution in [0.25, 0.3) is 0 Å². The van der Waals surface area contributed by atoms with Gasteiger partial charge in [-0.2, -0.15) is 0 Å². The molecule has 3 aromatic carbocycles. The molecule has 3 aromatic rings. The summed E-state index contributed by atoms with van der Waals surface area (Å²) in [4.78, 5) is 38.2. The lowest BCUT2D eigenvalue weighted by molar-refractivity contribution is -0.384. The summed E-state index contributed by atoms with van der Waals surface area (Å²) in [6.45, 7) is 2.26. The van der Waals surface area contributed by atoms with Crippen LogP contribution in [0.5, 0.6) is 11.5 Å². The van der Waals surface area contributed by atoms with Gasteiger partial charge in [0.2, 0.25) is 11.8 Å². The molecule has 2 unspecified atom stereocenters. The van der Waals surface area contributed by atoms with E-state index in [0.29, 0.717) is 35.7 Å². The average Bonchev–Trinajstić information content (AvgIpc) is 3.62. The molecule has 2 amide bonds. The van der Waals surface area contributed by atoms with Crippen molar-refractivity contribution < 1.29 is 24.0 Å². The molecule has 1 aliphatic carbocycles. The lowest BCUT2D eigenvalue weighted by atomic mass is 9.98. The molecule has 1 heterocycles. The lowest BCUT2D eigenvalue weighted by Gasteiger charge is -2.20. The summed E-state index contributed by atoms with van der Waals surface area (Å²) in [5.74, 6) is 0.682. The number of hydrogen-bond donors (Lipinski definition) is 1. The first-order valence-corrected chi connectivity index (χ1v) is 13.6. The molecule has 0 bridgehead atoms. The molecule has 208 valence electrons. The number of amides is 2. The number of methoxy groups -OCH3 is 1. The number of non-ortho nitro benzene ring substituents is 1. The maximum absolute atomic E-state index is 13.1. The Labute approximate surface area is 233 Å². The van der Waals surface area contributed by atoms with Crippen LogP contribution in [0, 0.1) is 10.1 Å². The van der Waals surface area contributed by atoms with Crippen LogP contribution in [0.15, 0.2) is 66.7 Å². The van der Waals surface area contributed by atoms with Gasteiger partial charge in [0.15, 0.2) is 11.5 Å². The topological polar surface area (TPSA) is 111 Å². The van der Waals surface area contributed by atoms with Gasteiger partial charge >= 0.3 is 0 Å². The standard InChI is InChI=1S/C31H33N3O6/c1-20(21-10-13-25(14-11-21)34(37)38)31(36)32-24-6-5-7-26(18-24)33-19-23(17-30(33)35)22-12-15-28(39-2)29(16-22)40-27-8-3-4-9-27/h5-7,10-16,18,20,23,27H,3-4,8-9,17,19H2,1-2H3,(H,32,36). The van der Waals surface area contributed by atoms with Crippen LogP contribution in [0.2, 0.25) is 0 Å². The summed E-state index contributed by atoms with van der Waals surface area (Å²) in [6, 6.07) is 19.1. The molecule has 9 nitrogen and oxygen atoms in total. The van der Waals surface area contributed by atoms with Gasteiger partial charge in [0, 0.05) is 42.4 Å². The smallest absolute Gasteiger partial charge is 0.269 e. The number of nitrogens with zero attached hydrogens (tertiary/aromatic N) is 2. The number of nitrogens with one attached hydrogen (secondary N) is 1. The van der Waals surface area contributed by atoms with Crippen LogP contribution in [0.3, 0.4) is 0 Å². The number of anilines is 2. The number of nitro groups is 1. The van der Waals surface area contributed by atoms with Gasteiger partial charge in [0.05, 0.1) is 24.1 Å². The van der Waals surface area contributed by atoms with Crippen LogP contribution >= 0.6 is 0 Å². The number of ether oxygens (including phenoxy) is 2. The number of carbonyl (C=O) groups excluding carboxylic acids is 2. The minimum Gasteiger partial charge on any atom is -0.493 e. The van der Waals surface area contributed by atoms with Crippen molar-refractivity contribution in [2.45, 2.75) is 57.0 Å². The van der Waals surface area contributed by atoms with Crippen molar-refractivity contribution in [2.75, 3.05) is 23.9 Å². The minimum atomic E-state index is -0.516. The summed E-state index contributed by atoms with van der Waals surface area (Å²) >= 11 is 0. The van der Waals surface area contributed by atoms with E-state index >= 15 is 0 Å². The molecule has 1 N–H and O–H groups in total. The van der Waals surface area contributed by atoms with Gasteiger partial charge in [-0.05, 0) is 74.1 Å². The Morgan fingerprint density at radius 3 is 2.50 bits per heavy atom. The van der Waals surface area contributed by atoms with Crippen LogP contribution in [-0.4, -0.2) is 36.5 Å². The molecule has 40 heavy (non-hydrogen) atoms. The van der Waals surface area contributed by atoms with E-state index in [2.05, 4.69) is 5.32 Å². The van der Waals surface area contributed by atoms with Crippen molar-refractivity contribution in [3.05, 3.63) is 88.0 Å². The van der Waals surface area contributed by atoms with Gasteiger partial charge in [-0.15, -0.1) is 0 Å². The van der Waals surface area contributed by atoms with Gasteiger partial charge < -0.3 is 19.7 Å². The quantitative estimate of drug-likeness (QED) is 0.255. The van der Waals surface area contributed by atoms with Crippen molar-refractivity contribution in [1.29, 1.82) is 0 Å². The van der Waals surface area contributed by atoms with Crippen LogP contribution < -0.4 is 19.7 Å². The monoisotopic (exact) mass is 543 g/mol. The fourth-order valence-corrected chi connectivity index (χ4v) is 5.44. The second-order valence-corrected chi connectivity index (χ2v) is 10.4. The van der Waals surface area contributed by atoms with Crippen molar-refractivity contribution >= 4 is 28.9 Å². The number of rotatable bonds is 9. The molecule has 2 fully saturated rings. The summed E-state index contributed by atoms with van der Waals surface area (Å²) in [5.41, 5.74) is 2.97. The van der Waals surface area contributed by atoms with E-state index < -0.39 is 10.8 Å². The number of nitro benzene ring substituents is 1. The lowest BCUT2D eigenvalue weighted by Crippen LogP contribution is -2.24. The first-order valence-electron chi connectivity index (χ1n) is 13.6. The SMILES string of the molecule is COc1ccc(C2CC(=O)N(c3cccc(NC(=O)C(C)c4ccc([N+](=O)[O-])cc4)c3)C2)cc1OC1CCCC1. The molecular weight excluding hydrogens is 510 g/mol. The Morgan fingerprint density at radius 2 is 1.80 bits per heavy atom. The van der Waals surface area contributed by atoms with Crippen LogP contribution in [0.1, 0.15) is 62.0 Å². The highest BCUT2D eigenvalue weighted by Gasteiger charge is 2.32. The highest BCUT2D eigenvalue weighted by atomic mass is 16.6. The molecule has 2 atom stereocenters. The van der Waals surface area contributed by atoms with Crippen molar-refractivity contribution in [3.63, 3.8) is 0 Å². The number of hydrogen-bond acceptors (Lipinski definition) is 6. The van der Waals surface area contributed by atoms with E-state index in [9.17, 15) is 19.7 Å². The highest BCUT2D eigenvalue weighted by molar-refractivity contribution is 5.99. The molecule has 9 heteroatoms. The third kappa shape index (κ3) is 5.93. The van der Waals surface area contributed by atoms with Gasteiger partial charge in [0.1, 0.15) is 0 Å². The van der Waals surface area contributed by atoms with Crippen LogP contribution in [-0.2, 0) is 9.59 Å². The van der Waals surface area contributed by atoms with E-state index in [4.69, 9.17) is 9.47 Å². The Hall–Kier alpha value is -4.40. The fraction of sp³-hybridized carbons (Fsp3) is 0.355. The first-order chi connectivity index (χ1) is 19.3. The fourth-order valence-electron chi connectivity index (χ4n) is 5.44. The summed E-state index contributed by atoms with van der Waals surface area (Å²) < 4.78 is 11.8. The van der Waals surface area contributed by atoms with E-state index in [-0.39, 0.29) is 29.5 Å². The molecular formula is C31H33N3O6. The van der Waals surface area contributed by atoms with E-state index in [1.807, 2.05) is 30.3 Å². The van der Waals surface area contributed by atoms with E-state index in [1.54, 1.807) is 43.2 Å². The van der Waals surface area contributed by atoms with Crippen LogP contribution in [0.4, 0.5) is 17.1 Å². The first kappa shape index (κ1) is 27.2. The largest absolute Gasteiger partial charge is 0.493 e. The van der Waals surface area contributed by atoms with Gasteiger partial charge in [0.25, 0.3) is 5.69 Å². The van der Waals surface area contributed by atoms with E-state index in [0.717, 1.165) is 24.2 Å². The summed E-state index contributed by atoms with van der Waals surface area (Å²) in [6.07, 6.45) is 5.02. The second-order valence-electron chi connectivity index (χ2n) is 10.4. The van der Waals surface area contributed by atoms with Crippen molar-refractivity contribution in [2.24, 2.45) is 0 Å². The molecule has 0 radical (unpaired) electrons. The summed E-state index contributed by atoms with van der Waals surface area (Å²) in [7, 11) is 1.63. The Morgan fingerprint density at radius 1 is 1.05 bits per heavy atom. The normalized spacial score (nSPS) is 18.0. The molecule has 2 aliphatic rings. The molecule has 0 aromatic heterocycles. The van der Waals surface area contributed by atoms with Crippen molar-refractivity contribution in [3.8, 4) is 11.5 Å². The molecule has 1 saturated heterocycles.